The highest BCUT2D eigenvalue weighted by Crippen LogP contribution is 2.28. The van der Waals surface area contributed by atoms with Gasteiger partial charge >= 0.3 is 0 Å². The van der Waals surface area contributed by atoms with E-state index in [9.17, 15) is 18.0 Å². The van der Waals surface area contributed by atoms with Gasteiger partial charge in [-0.3, -0.25) is 10.1 Å². The first-order chi connectivity index (χ1) is 15.9. The predicted molar refractivity (Wildman–Crippen MR) is 120 cm³/mol. The quantitative estimate of drug-likeness (QED) is 0.513. The molecule has 1 heterocycles. The summed E-state index contributed by atoms with van der Waals surface area (Å²) in [7, 11) is 0. The van der Waals surface area contributed by atoms with Gasteiger partial charge in [-0.1, -0.05) is 19.1 Å². The van der Waals surface area contributed by atoms with Crippen LogP contribution in [0, 0.1) is 17.5 Å². The van der Waals surface area contributed by atoms with E-state index in [-0.39, 0.29) is 29.4 Å². The Bertz CT molecular complexity index is 1070. The molecule has 0 aromatic heterocycles. The van der Waals surface area contributed by atoms with E-state index < -0.39 is 17.5 Å². The normalized spacial score (nSPS) is 20.5. The van der Waals surface area contributed by atoms with Gasteiger partial charge in [0.25, 0.3) is 5.91 Å². The topological polar surface area (TPSA) is 69.1 Å². The highest BCUT2D eigenvalue weighted by Gasteiger charge is 2.30. The molecule has 1 aliphatic heterocycles. The summed E-state index contributed by atoms with van der Waals surface area (Å²) in [6, 6.07) is 9.35. The Morgan fingerprint density at radius 2 is 1.88 bits per heavy atom. The molecule has 174 valence electrons. The molecule has 1 saturated heterocycles. The molecule has 0 spiro atoms. The fraction of sp³-hybridized carbons (Fsp3) is 0.375. The fourth-order valence-electron chi connectivity index (χ4n) is 3.81. The van der Waals surface area contributed by atoms with E-state index >= 15 is 0 Å². The number of hydrazine groups is 1. The number of benzene rings is 2. The summed E-state index contributed by atoms with van der Waals surface area (Å²) in [5.74, 6) is -2.28. The smallest absolute Gasteiger partial charge is 0.258 e. The van der Waals surface area contributed by atoms with Gasteiger partial charge < -0.3 is 5.43 Å². The van der Waals surface area contributed by atoms with Crippen LogP contribution in [0.25, 0.3) is 0 Å². The zero-order valence-corrected chi connectivity index (χ0v) is 18.3. The van der Waals surface area contributed by atoms with E-state index in [1.165, 1.54) is 18.2 Å². The molecule has 2 aromatic rings. The van der Waals surface area contributed by atoms with Crippen molar-refractivity contribution in [3.05, 3.63) is 71.0 Å². The Kier molecular flexibility index (Phi) is 7.08. The summed E-state index contributed by atoms with van der Waals surface area (Å²) < 4.78 is 40.2. The number of halogens is 3. The summed E-state index contributed by atoms with van der Waals surface area (Å²) >= 11 is 0. The van der Waals surface area contributed by atoms with Gasteiger partial charge in [0.15, 0.2) is 11.6 Å². The SMILES string of the molecule is CCCN1NC(=NC(=NC2CCC2)NC(=O)c2ccc(F)c(F)c2)CC1c1ccc(F)cc1. The largest absolute Gasteiger partial charge is 0.306 e. The molecule has 0 radical (unpaired) electrons. The molecular formula is C24H26F3N5O. The fourth-order valence-corrected chi connectivity index (χ4v) is 3.81. The van der Waals surface area contributed by atoms with Crippen LogP contribution < -0.4 is 10.7 Å². The minimum absolute atomic E-state index is 0.0217. The van der Waals surface area contributed by atoms with Gasteiger partial charge in [0.2, 0.25) is 5.96 Å². The molecule has 1 saturated carbocycles. The average Bonchev–Trinajstić information content (AvgIpc) is 3.15. The molecule has 1 aliphatic carbocycles. The van der Waals surface area contributed by atoms with Crippen LogP contribution in [0.5, 0.6) is 0 Å². The van der Waals surface area contributed by atoms with Crippen molar-refractivity contribution < 1.29 is 18.0 Å². The van der Waals surface area contributed by atoms with Crippen molar-refractivity contribution in [1.82, 2.24) is 15.8 Å². The summed E-state index contributed by atoms with van der Waals surface area (Å²) in [5.41, 5.74) is 4.20. The first-order valence-corrected chi connectivity index (χ1v) is 11.1. The minimum Gasteiger partial charge on any atom is -0.306 e. The molecular weight excluding hydrogens is 431 g/mol. The van der Waals surface area contributed by atoms with Crippen LogP contribution in [0.2, 0.25) is 0 Å². The van der Waals surface area contributed by atoms with Crippen molar-refractivity contribution in [3.63, 3.8) is 0 Å². The Labute approximate surface area is 190 Å². The molecule has 2 aliphatic rings. The number of nitrogens with one attached hydrogen (secondary N) is 2. The van der Waals surface area contributed by atoms with Crippen LogP contribution in [0.15, 0.2) is 52.4 Å². The highest BCUT2D eigenvalue weighted by atomic mass is 19.2. The molecule has 9 heteroatoms. The van der Waals surface area contributed by atoms with Crippen molar-refractivity contribution in [3.8, 4) is 0 Å². The Morgan fingerprint density at radius 3 is 2.52 bits per heavy atom. The van der Waals surface area contributed by atoms with E-state index in [4.69, 9.17) is 0 Å². The van der Waals surface area contributed by atoms with Crippen LogP contribution in [0.3, 0.4) is 0 Å². The summed E-state index contributed by atoms with van der Waals surface area (Å²) in [4.78, 5) is 21.8. The van der Waals surface area contributed by atoms with Crippen molar-refractivity contribution >= 4 is 17.7 Å². The maximum absolute atomic E-state index is 13.6. The molecule has 2 aromatic carbocycles. The number of guanidine groups is 1. The number of amidine groups is 1. The lowest BCUT2D eigenvalue weighted by Gasteiger charge is -2.23. The number of hydrogen-bond acceptors (Lipinski definition) is 3. The number of rotatable bonds is 5. The third kappa shape index (κ3) is 5.60. The lowest BCUT2D eigenvalue weighted by molar-refractivity contribution is 0.0976. The second-order valence-electron chi connectivity index (χ2n) is 8.26. The minimum atomic E-state index is -1.10. The Hall–Kier alpha value is -3.20. The number of hydrogen-bond donors (Lipinski definition) is 2. The third-order valence-electron chi connectivity index (χ3n) is 5.78. The average molecular weight is 458 g/mol. The predicted octanol–water partition coefficient (Wildman–Crippen LogP) is 4.50. The Balaban J connectivity index is 1.56. The molecule has 33 heavy (non-hydrogen) atoms. The summed E-state index contributed by atoms with van der Waals surface area (Å²) in [6.45, 7) is 2.81. The first-order valence-electron chi connectivity index (χ1n) is 11.1. The van der Waals surface area contributed by atoms with E-state index in [1.807, 2.05) is 5.01 Å². The number of nitrogens with zero attached hydrogens (tertiary/aromatic N) is 3. The van der Waals surface area contributed by atoms with E-state index in [0.717, 1.165) is 49.9 Å². The molecule has 6 nitrogen and oxygen atoms in total. The van der Waals surface area contributed by atoms with Crippen LogP contribution in [-0.2, 0) is 0 Å². The van der Waals surface area contributed by atoms with Gasteiger partial charge in [-0.15, -0.1) is 0 Å². The van der Waals surface area contributed by atoms with Crippen molar-refractivity contribution in [2.24, 2.45) is 9.98 Å². The van der Waals surface area contributed by atoms with Gasteiger partial charge in [0, 0.05) is 18.5 Å². The van der Waals surface area contributed by atoms with Crippen LogP contribution in [0.1, 0.15) is 61.0 Å². The van der Waals surface area contributed by atoms with Crippen LogP contribution in [0.4, 0.5) is 13.2 Å². The standard InChI is InChI=1S/C24H26F3N5O/c1-2-12-32-21(15-6-9-17(25)10-7-15)14-22(31-32)29-24(28-18-4-3-5-18)30-23(33)16-8-11-19(26)20(27)13-16/h6-11,13,18,21H,2-5,12,14H2,1H3,(H2,28,29,30,31,33). The highest BCUT2D eigenvalue weighted by molar-refractivity contribution is 6.09. The van der Waals surface area contributed by atoms with Gasteiger partial charge in [0.05, 0.1) is 12.1 Å². The molecule has 1 amide bonds. The molecule has 2 fully saturated rings. The summed E-state index contributed by atoms with van der Waals surface area (Å²) in [5, 5.41) is 4.67. The lowest BCUT2D eigenvalue weighted by Crippen LogP contribution is -2.37. The second-order valence-corrected chi connectivity index (χ2v) is 8.26. The zero-order valence-electron chi connectivity index (χ0n) is 18.3. The number of carbonyl (C=O) groups excluding carboxylic acids is 1. The number of amides is 1. The maximum Gasteiger partial charge on any atom is 0.258 e. The lowest BCUT2D eigenvalue weighted by atomic mass is 9.94. The molecule has 1 unspecified atom stereocenters. The van der Waals surface area contributed by atoms with Gasteiger partial charge in [-0.25, -0.2) is 23.2 Å². The first kappa shape index (κ1) is 23.0. The molecule has 0 bridgehead atoms. The van der Waals surface area contributed by atoms with E-state index in [1.54, 1.807) is 12.1 Å². The third-order valence-corrected chi connectivity index (χ3v) is 5.78. The van der Waals surface area contributed by atoms with Gasteiger partial charge in [0.1, 0.15) is 11.7 Å². The molecule has 2 N–H and O–H groups in total. The van der Waals surface area contributed by atoms with Crippen LogP contribution in [-0.4, -0.2) is 35.3 Å². The monoisotopic (exact) mass is 457 g/mol. The van der Waals surface area contributed by atoms with Crippen molar-refractivity contribution in [2.45, 2.75) is 51.1 Å². The van der Waals surface area contributed by atoms with Crippen molar-refractivity contribution in [1.29, 1.82) is 0 Å². The van der Waals surface area contributed by atoms with Crippen LogP contribution >= 0.6 is 0 Å². The maximum atomic E-state index is 13.6. The van der Waals surface area contributed by atoms with Gasteiger partial charge in [-0.05, 0) is 61.6 Å². The number of aliphatic imine (C=N–C) groups is 2. The van der Waals surface area contributed by atoms with Gasteiger partial charge in [-0.2, -0.15) is 4.99 Å². The Morgan fingerprint density at radius 1 is 1.12 bits per heavy atom. The second kappa shape index (κ2) is 10.2. The van der Waals surface area contributed by atoms with E-state index in [2.05, 4.69) is 27.7 Å². The molecule has 4 rings (SSSR count). The molecule has 1 atom stereocenters. The van der Waals surface area contributed by atoms with E-state index in [0.29, 0.717) is 12.3 Å². The summed E-state index contributed by atoms with van der Waals surface area (Å²) in [6.07, 6.45) is 4.29. The van der Waals surface area contributed by atoms with Crippen molar-refractivity contribution in [2.75, 3.05) is 6.54 Å². The zero-order chi connectivity index (χ0) is 23.4. The number of carbonyl (C=O) groups is 1.